The van der Waals surface area contributed by atoms with E-state index in [-0.39, 0.29) is 12.5 Å². The monoisotopic (exact) mass is 343 g/mol. The van der Waals surface area contributed by atoms with Crippen molar-refractivity contribution in [2.24, 2.45) is 5.92 Å². The standard InChI is InChI=1S/C15H22BrNO3/c1-3-4-11(7-8-18)10-17-15(19)12-5-6-14(20-2)13(16)9-12/h5-6,9,11,18H,3-4,7-8,10H2,1-2H3,(H,17,19). The van der Waals surface area contributed by atoms with Crippen LogP contribution < -0.4 is 10.1 Å². The minimum absolute atomic E-state index is 0.104. The average molecular weight is 344 g/mol. The van der Waals surface area contributed by atoms with E-state index in [0.29, 0.717) is 23.8 Å². The van der Waals surface area contributed by atoms with Crippen LogP contribution in [0.5, 0.6) is 5.75 Å². The van der Waals surface area contributed by atoms with Gasteiger partial charge in [0.15, 0.2) is 0 Å². The van der Waals surface area contributed by atoms with E-state index in [4.69, 9.17) is 9.84 Å². The van der Waals surface area contributed by atoms with Crippen LogP contribution in [0.1, 0.15) is 36.5 Å². The predicted octanol–water partition coefficient (Wildman–Crippen LogP) is 2.99. The third-order valence-corrected chi connectivity index (χ3v) is 3.82. The van der Waals surface area contributed by atoms with E-state index in [1.807, 2.05) is 0 Å². The van der Waals surface area contributed by atoms with Gasteiger partial charge in [-0.15, -0.1) is 0 Å². The molecule has 0 aliphatic carbocycles. The summed E-state index contributed by atoms with van der Waals surface area (Å²) in [5.41, 5.74) is 0.594. The molecule has 0 aliphatic heterocycles. The van der Waals surface area contributed by atoms with Crippen molar-refractivity contribution < 1.29 is 14.6 Å². The number of hydrogen-bond acceptors (Lipinski definition) is 3. The Kier molecular flexibility index (Phi) is 7.62. The predicted molar refractivity (Wildman–Crippen MR) is 83.1 cm³/mol. The first-order chi connectivity index (χ1) is 9.62. The number of ether oxygens (including phenoxy) is 1. The number of nitrogens with one attached hydrogen (secondary N) is 1. The molecule has 0 saturated heterocycles. The largest absolute Gasteiger partial charge is 0.496 e. The zero-order valence-corrected chi connectivity index (χ0v) is 13.6. The molecule has 1 atom stereocenters. The van der Waals surface area contributed by atoms with Crippen LogP contribution in [0.3, 0.4) is 0 Å². The van der Waals surface area contributed by atoms with Gasteiger partial charge >= 0.3 is 0 Å². The number of amides is 1. The molecule has 0 bridgehead atoms. The maximum Gasteiger partial charge on any atom is 0.251 e. The normalized spacial score (nSPS) is 12.0. The maximum atomic E-state index is 12.1. The number of carbonyl (C=O) groups excluding carboxylic acids is 1. The summed E-state index contributed by atoms with van der Waals surface area (Å²) in [5, 5.41) is 11.9. The Balaban J connectivity index is 2.59. The highest BCUT2D eigenvalue weighted by Crippen LogP contribution is 2.25. The Morgan fingerprint density at radius 3 is 2.75 bits per heavy atom. The van der Waals surface area contributed by atoms with Gasteiger partial charge in [-0.25, -0.2) is 0 Å². The molecule has 0 fully saturated rings. The summed E-state index contributed by atoms with van der Waals surface area (Å²) in [6.45, 7) is 2.86. The van der Waals surface area contributed by atoms with E-state index in [0.717, 1.165) is 23.7 Å². The minimum Gasteiger partial charge on any atom is -0.496 e. The van der Waals surface area contributed by atoms with E-state index >= 15 is 0 Å². The first kappa shape index (κ1) is 17.0. The Hall–Kier alpha value is -1.07. The van der Waals surface area contributed by atoms with Crippen LogP contribution in [0, 0.1) is 5.92 Å². The number of rotatable bonds is 8. The van der Waals surface area contributed by atoms with E-state index in [1.165, 1.54) is 0 Å². The zero-order chi connectivity index (χ0) is 15.0. The van der Waals surface area contributed by atoms with Crippen molar-refractivity contribution >= 4 is 21.8 Å². The van der Waals surface area contributed by atoms with Crippen LogP contribution >= 0.6 is 15.9 Å². The molecule has 0 aliphatic rings. The highest BCUT2D eigenvalue weighted by atomic mass is 79.9. The average Bonchev–Trinajstić information content (AvgIpc) is 2.44. The molecule has 1 aromatic rings. The molecule has 1 amide bonds. The van der Waals surface area contributed by atoms with Gasteiger partial charge in [0.2, 0.25) is 0 Å². The van der Waals surface area contributed by atoms with E-state index in [1.54, 1.807) is 25.3 Å². The van der Waals surface area contributed by atoms with Gasteiger partial charge in [-0.1, -0.05) is 13.3 Å². The van der Waals surface area contributed by atoms with Crippen LogP contribution in [0.2, 0.25) is 0 Å². The molecule has 1 rings (SSSR count). The van der Waals surface area contributed by atoms with Crippen LogP contribution in [-0.4, -0.2) is 31.3 Å². The molecule has 2 N–H and O–H groups in total. The highest BCUT2D eigenvalue weighted by molar-refractivity contribution is 9.10. The maximum absolute atomic E-state index is 12.1. The SMILES string of the molecule is CCCC(CCO)CNC(=O)c1ccc(OC)c(Br)c1. The Morgan fingerprint density at radius 2 is 2.20 bits per heavy atom. The molecule has 112 valence electrons. The fourth-order valence-corrected chi connectivity index (χ4v) is 2.63. The van der Waals surface area contributed by atoms with Crippen molar-refractivity contribution in [3.63, 3.8) is 0 Å². The summed E-state index contributed by atoms with van der Waals surface area (Å²) in [4.78, 5) is 12.1. The number of benzene rings is 1. The number of hydrogen-bond donors (Lipinski definition) is 2. The highest BCUT2D eigenvalue weighted by Gasteiger charge is 2.12. The number of aliphatic hydroxyl groups excluding tert-OH is 1. The molecule has 5 heteroatoms. The molecule has 1 aromatic carbocycles. The Labute approximate surface area is 128 Å². The molecule has 0 radical (unpaired) electrons. The van der Waals surface area contributed by atoms with Gasteiger partial charge in [-0.05, 0) is 52.9 Å². The fourth-order valence-electron chi connectivity index (χ4n) is 2.09. The van der Waals surface area contributed by atoms with Gasteiger partial charge in [-0.2, -0.15) is 0 Å². The number of carbonyl (C=O) groups is 1. The third kappa shape index (κ3) is 5.13. The molecule has 0 heterocycles. The van der Waals surface area contributed by atoms with Crippen LogP contribution in [0.15, 0.2) is 22.7 Å². The Morgan fingerprint density at radius 1 is 1.45 bits per heavy atom. The second-order valence-electron chi connectivity index (χ2n) is 4.73. The lowest BCUT2D eigenvalue weighted by molar-refractivity contribution is 0.0943. The molecular formula is C15H22BrNO3. The summed E-state index contributed by atoms with van der Waals surface area (Å²) in [6.07, 6.45) is 2.78. The topological polar surface area (TPSA) is 58.6 Å². The summed E-state index contributed by atoms with van der Waals surface area (Å²) in [5.74, 6) is 0.925. The van der Waals surface area contributed by atoms with Crippen molar-refractivity contribution in [2.45, 2.75) is 26.2 Å². The van der Waals surface area contributed by atoms with Crippen molar-refractivity contribution in [2.75, 3.05) is 20.3 Å². The molecule has 0 aromatic heterocycles. The number of aliphatic hydroxyl groups is 1. The smallest absolute Gasteiger partial charge is 0.251 e. The lowest BCUT2D eigenvalue weighted by atomic mass is 10.00. The third-order valence-electron chi connectivity index (χ3n) is 3.20. The Bertz CT molecular complexity index is 431. The molecule has 0 spiro atoms. The first-order valence-corrected chi connectivity index (χ1v) is 7.64. The lowest BCUT2D eigenvalue weighted by Gasteiger charge is -2.16. The van der Waals surface area contributed by atoms with E-state index in [2.05, 4.69) is 28.2 Å². The van der Waals surface area contributed by atoms with E-state index < -0.39 is 0 Å². The van der Waals surface area contributed by atoms with Gasteiger partial charge in [0.25, 0.3) is 5.91 Å². The van der Waals surface area contributed by atoms with Gasteiger partial charge in [0.1, 0.15) is 5.75 Å². The van der Waals surface area contributed by atoms with Gasteiger partial charge in [0.05, 0.1) is 11.6 Å². The number of halogens is 1. The van der Waals surface area contributed by atoms with Crippen LogP contribution in [0.4, 0.5) is 0 Å². The molecule has 1 unspecified atom stereocenters. The molecular weight excluding hydrogens is 322 g/mol. The lowest BCUT2D eigenvalue weighted by Crippen LogP contribution is -2.29. The molecule has 4 nitrogen and oxygen atoms in total. The van der Waals surface area contributed by atoms with Crippen molar-refractivity contribution in [1.82, 2.24) is 5.32 Å². The fraction of sp³-hybridized carbons (Fsp3) is 0.533. The first-order valence-electron chi connectivity index (χ1n) is 6.85. The summed E-state index contributed by atoms with van der Waals surface area (Å²) >= 11 is 3.37. The summed E-state index contributed by atoms with van der Waals surface area (Å²) in [6, 6.07) is 5.24. The summed E-state index contributed by atoms with van der Waals surface area (Å²) < 4.78 is 5.89. The second-order valence-corrected chi connectivity index (χ2v) is 5.58. The second kappa shape index (κ2) is 8.97. The van der Waals surface area contributed by atoms with Crippen molar-refractivity contribution in [1.29, 1.82) is 0 Å². The summed E-state index contributed by atoms with van der Waals surface area (Å²) in [7, 11) is 1.59. The molecule has 0 saturated carbocycles. The minimum atomic E-state index is -0.104. The van der Waals surface area contributed by atoms with E-state index in [9.17, 15) is 4.79 Å². The van der Waals surface area contributed by atoms with Gasteiger partial charge in [0, 0.05) is 18.7 Å². The van der Waals surface area contributed by atoms with Gasteiger partial charge < -0.3 is 15.2 Å². The molecule has 20 heavy (non-hydrogen) atoms. The van der Waals surface area contributed by atoms with Crippen LogP contribution in [0.25, 0.3) is 0 Å². The van der Waals surface area contributed by atoms with Crippen molar-refractivity contribution in [3.05, 3.63) is 28.2 Å². The van der Waals surface area contributed by atoms with Crippen LogP contribution in [-0.2, 0) is 0 Å². The quantitative estimate of drug-likeness (QED) is 0.762. The van der Waals surface area contributed by atoms with Crippen molar-refractivity contribution in [3.8, 4) is 5.75 Å². The number of methoxy groups -OCH3 is 1. The zero-order valence-electron chi connectivity index (χ0n) is 12.0. The van der Waals surface area contributed by atoms with Gasteiger partial charge in [-0.3, -0.25) is 4.79 Å².